The van der Waals surface area contributed by atoms with Crippen LogP contribution in [-0.2, 0) is 4.79 Å². The molecule has 6 nitrogen and oxygen atoms in total. The smallest absolute Gasteiger partial charge is 0.229 e. The van der Waals surface area contributed by atoms with Crippen molar-refractivity contribution >= 4 is 23.2 Å². The second kappa shape index (κ2) is 6.13. The molecule has 112 valence electrons. The summed E-state index contributed by atoms with van der Waals surface area (Å²) in [5.74, 6) is 0.473. The van der Waals surface area contributed by atoms with Crippen LogP contribution in [0.4, 0.5) is 5.69 Å². The minimum atomic E-state index is -0.118. The maximum absolute atomic E-state index is 12.0. The Labute approximate surface area is 128 Å². The van der Waals surface area contributed by atoms with Crippen LogP contribution in [0, 0.1) is 5.92 Å². The Hall–Kier alpha value is -2.08. The molecule has 0 saturated heterocycles. The molecule has 0 aliphatic carbocycles. The van der Waals surface area contributed by atoms with E-state index >= 15 is 0 Å². The van der Waals surface area contributed by atoms with Gasteiger partial charge < -0.3 is 9.64 Å². The molecule has 0 saturated carbocycles. The van der Waals surface area contributed by atoms with Crippen LogP contribution in [0.15, 0.2) is 24.7 Å². The van der Waals surface area contributed by atoms with Crippen LogP contribution in [0.5, 0.6) is 5.75 Å². The van der Waals surface area contributed by atoms with Crippen LogP contribution < -0.4 is 9.64 Å². The quantitative estimate of drug-likeness (QED) is 0.871. The number of methoxy groups -OCH3 is 1. The Morgan fingerprint density at radius 2 is 2.14 bits per heavy atom. The zero-order valence-electron chi connectivity index (χ0n) is 12.4. The Balaban J connectivity index is 2.36. The molecular formula is C14H17ClN4O2. The minimum Gasteiger partial charge on any atom is -0.495 e. The number of pyridine rings is 1. The maximum atomic E-state index is 12.0. The molecule has 0 unspecified atom stereocenters. The van der Waals surface area contributed by atoms with E-state index < -0.39 is 0 Å². The van der Waals surface area contributed by atoms with Crippen LogP contribution in [-0.4, -0.2) is 34.8 Å². The van der Waals surface area contributed by atoms with E-state index in [1.54, 1.807) is 43.5 Å². The molecule has 0 aliphatic heterocycles. The number of carbonyl (C=O) groups is 1. The van der Waals surface area contributed by atoms with E-state index in [4.69, 9.17) is 16.3 Å². The van der Waals surface area contributed by atoms with Crippen molar-refractivity contribution in [1.29, 1.82) is 0 Å². The van der Waals surface area contributed by atoms with Gasteiger partial charge in [-0.15, -0.1) is 0 Å². The first-order valence-electron chi connectivity index (χ1n) is 6.46. The molecule has 0 radical (unpaired) electrons. The zero-order chi connectivity index (χ0) is 15.6. The summed E-state index contributed by atoms with van der Waals surface area (Å²) >= 11 is 6.13. The standard InChI is InChI=1S/C14H17ClN4O2/c1-9(2)14(20)18(3)12-8-19(17-13(12)15)10-5-11(21-4)7-16-6-10/h5-9H,1-4H3. The predicted molar refractivity (Wildman–Crippen MR) is 81.2 cm³/mol. The lowest BCUT2D eigenvalue weighted by molar-refractivity contribution is -0.121. The number of nitrogens with zero attached hydrogens (tertiary/aromatic N) is 4. The fraction of sp³-hybridized carbons (Fsp3) is 0.357. The molecule has 0 fully saturated rings. The lowest BCUT2D eigenvalue weighted by atomic mass is 10.2. The summed E-state index contributed by atoms with van der Waals surface area (Å²) in [5.41, 5.74) is 1.26. The Morgan fingerprint density at radius 3 is 2.76 bits per heavy atom. The number of anilines is 1. The first kappa shape index (κ1) is 15.3. The fourth-order valence-corrected chi connectivity index (χ4v) is 2.11. The summed E-state index contributed by atoms with van der Waals surface area (Å²) in [7, 11) is 3.25. The van der Waals surface area contributed by atoms with Gasteiger partial charge in [-0.25, -0.2) is 4.68 Å². The number of amides is 1. The number of carbonyl (C=O) groups excluding carboxylic acids is 1. The van der Waals surface area contributed by atoms with Gasteiger partial charge in [0.2, 0.25) is 5.91 Å². The van der Waals surface area contributed by atoms with Gasteiger partial charge in [-0.2, -0.15) is 5.10 Å². The first-order valence-corrected chi connectivity index (χ1v) is 6.84. The molecule has 0 atom stereocenters. The third-order valence-corrected chi connectivity index (χ3v) is 3.31. The number of halogens is 1. The summed E-state index contributed by atoms with van der Waals surface area (Å²) in [6.45, 7) is 3.67. The van der Waals surface area contributed by atoms with Gasteiger partial charge in [-0.1, -0.05) is 25.4 Å². The molecule has 2 heterocycles. The van der Waals surface area contributed by atoms with Crippen molar-refractivity contribution in [2.45, 2.75) is 13.8 Å². The highest BCUT2D eigenvalue weighted by Gasteiger charge is 2.20. The summed E-state index contributed by atoms with van der Waals surface area (Å²) in [4.78, 5) is 17.6. The van der Waals surface area contributed by atoms with E-state index in [2.05, 4.69) is 10.1 Å². The third-order valence-electron chi connectivity index (χ3n) is 3.04. The van der Waals surface area contributed by atoms with E-state index in [-0.39, 0.29) is 17.0 Å². The summed E-state index contributed by atoms with van der Waals surface area (Å²) < 4.78 is 6.70. The number of rotatable bonds is 4. The van der Waals surface area contributed by atoms with Crippen molar-refractivity contribution in [3.8, 4) is 11.4 Å². The first-order chi connectivity index (χ1) is 9.93. The van der Waals surface area contributed by atoms with E-state index in [0.29, 0.717) is 17.1 Å². The van der Waals surface area contributed by atoms with Gasteiger partial charge in [0.25, 0.3) is 0 Å². The molecule has 0 aromatic carbocycles. The van der Waals surface area contributed by atoms with Crippen molar-refractivity contribution in [3.05, 3.63) is 29.8 Å². The summed E-state index contributed by atoms with van der Waals surface area (Å²) in [5, 5.41) is 4.47. The van der Waals surface area contributed by atoms with Gasteiger partial charge >= 0.3 is 0 Å². The molecule has 0 aliphatic rings. The van der Waals surface area contributed by atoms with E-state index in [0.717, 1.165) is 0 Å². The highest BCUT2D eigenvalue weighted by molar-refractivity contribution is 6.32. The van der Waals surface area contributed by atoms with E-state index in [1.165, 1.54) is 4.90 Å². The maximum Gasteiger partial charge on any atom is 0.229 e. The molecular weight excluding hydrogens is 292 g/mol. The molecule has 2 aromatic heterocycles. The molecule has 0 spiro atoms. The molecule has 7 heteroatoms. The van der Waals surface area contributed by atoms with Crippen molar-refractivity contribution in [1.82, 2.24) is 14.8 Å². The van der Waals surface area contributed by atoms with Crippen molar-refractivity contribution in [3.63, 3.8) is 0 Å². The van der Waals surface area contributed by atoms with E-state index in [1.807, 2.05) is 13.8 Å². The monoisotopic (exact) mass is 308 g/mol. The van der Waals surface area contributed by atoms with Gasteiger partial charge in [0.05, 0.1) is 31.4 Å². The summed E-state index contributed by atoms with van der Waals surface area (Å²) in [6.07, 6.45) is 4.93. The van der Waals surface area contributed by atoms with Gasteiger partial charge in [0.15, 0.2) is 5.15 Å². The average Bonchev–Trinajstić information content (AvgIpc) is 2.87. The minimum absolute atomic E-state index is 0.0276. The van der Waals surface area contributed by atoms with Crippen LogP contribution in [0.25, 0.3) is 5.69 Å². The normalized spacial score (nSPS) is 10.8. The van der Waals surface area contributed by atoms with Crippen molar-refractivity contribution in [2.75, 3.05) is 19.1 Å². The molecule has 0 N–H and O–H groups in total. The number of hydrogen-bond acceptors (Lipinski definition) is 4. The number of aromatic nitrogens is 3. The predicted octanol–water partition coefficient (Wildman–Crippen LogP) is 2.55. The van der Waals surface area contributed by atoms with Gasteiger partial charge in [-0.05, 0) is 0 Å². The second-order valence-corrected chi connectivity index (χ2v) is 5.24. The zero-order valence-corrected chi connectivity index (χ0v) is 13.1. The van der Waals surface area contributed by atoms with Crippen LogP contribution in [0.1, 0.15) is 13.8 Å². The fourth-order valence-electron chi connectivity index (χ4n) is 1.85. The Morgan fingerprint density at radius 1 is 1.43 bits per heavy atom. The van der Waals surface area contributed by atoms with Crippen LogP contribution >= 0.6 is 11.6 Å². The molecule has 21 heavy (non-hydrogen) atoms. The summed E-state index contributed by atoms with van der Waals surface area (Å²) in [6, 6.07) is 1.78. The highest BCUT2D eigenvalue weighted by Crippen LogP contribution is 2.26. The molecule has 0 bridgehead atoms. The van der Waals surface area contributed by atoms with E-state index in [9.17, 15) is 4.79 Å². The Kier molecular flexibility index (Phi) is 4.47. The Bertz CT molecular complexity index is 654. The SMILES string of the molecule is COc1cncc(-n2cc(N(C)C(=O)C(C)C)c(Cl)n2)c1. The van der Waals surface area contributed by atoms with Gasteiger partial charge in [0.1, 0.15) is 11.4 Å². The van der Waals surface area contributed by atoms with Crippen molar-refractivity contribution < 1.29 is 9.53 Å². The molecule has 2 rings (SSSR count). The molecule has 1 amide bonds. The number of hydrogen-bond donors (Lipinski definition) is 0. The van der Waals surface area contributed by atoms with Gasteiger partial charge in [-0.3, -0.25) is 9.78 Å². The van der Waals surface area contributed by atoms with Crippen molar-refractivity contribution in [2.24, 2.45) is 5.92 Å². The van der Waals surface area contributed by atoms with Crippen LogP contribution in [0.3, 0.4) is 0 Å². The van der Waals surface area contributed by atoms with Crippen LogP contribution in [0.2, 0.25) is 5.15 Å². The average molecular weight is 309 g/mol. The molecule has 2 aromatic rings. The second-order valence-electron chi connectivity index (χ2n) is 4.88. The topological polar surface area (TPSA) is 60.2 Å². The largest absolute Gasteiger partial charge is 0.495 e. The lowest BCUT2D eigenvalue weighted by Crippen LogP contribution is -2.30. The highest BCUT2D eigenvalue weighted by atomic mass is 35.5. The lowest BCUT2D eigenvalue weighted by Gasteiger charge is -2.17. The third kappa shape index (κ3) is 3.16. The van der Waals surface area contributed by atoms with Gasteiger partial charge in [0, 0.05) is 19.0 Å². The number of ether oxygens (including phenoxy) is 1.